The summed E-state index contributed by atoms with van der Waals surface area (Å²) in [5, 5.41) is 0. The number of hydrogen-bond donors (Lipinski definition) is 1. The van der Waals surface area contributed by atoms with Crippen molar-refractivity contribution in [1.29, 1.82) is 0 Å². The Labute approximate surface area is 167 Å². The topological polar surface area (TPSA) is 73.2 Å². The minimum absolute atomic E-state index is 0.0866. The molecule has 152 valence electrons. The van der Waals surface area contributed by atoms with E-state index in [-0.39, 0.29) is 10.5 Å². The predicted molar refractivity (Wildman–Crippen MR) is 104 cm³/mol. The van der Waals surface area contributed by atoms with Gasteiger partial charge in [-0.05, 0) is 55.9 Å². The molecule has 6 nitrogen and oxygen atoms in total. The van der Waals surface area contributed by atoms with Crippen LogP contribution in [-0.4, -0.2) is 25.0 Å². The second-order valence-corrected chi connectivity index (χ2v) is 8.56. The smallest absolute Gasteiger partial charge is 0.263 e. The lowest BCUT2D eigenvalue weighted by atomic mass is 10.1. The van der Waals surface area contributed by atoms with Gasteiger partial charge in [-0.15, -0.1) is 0 Å². The molecule has 1 aromatic heterocycles. The van der Waals surface area contributed by atoms with Crippen LogP contribution in [0, 0.1) is 0 Å². The summed E-state index contributed by atoms with van der Waals surface area (Å²) in [6, 6.07) is 9.99. The van der Waals surface area contributed by atoms with Crippen molar-refractivity contribution in [3.8, 4) is 22.8 Å². The Kier molecular flexibility index (Phi) is 5.10. The van der Waals surface area contributed by atoms with Crippen LogP contribution in [0.15, 0.2) is 53.6 Å². The molecule has 0 unspecified atom stereocenters. The summed E-state index contributed by atoms with van der Waals surface area (Å²) >= 11 is 0. The Hall–Kier alpha value is -2.78. The Bertz CT molecular complexity index is 1120. The molecule has 9 heteroatoms. The van der Waals surface area contributed by atoms with Gasteiger partial charge in [0.1, 0.15) is 17.3 Å². The minimum Gasteiger partial charge on any atom is -0.457 e. The largest absolute Gasteiger partial charge is 0.457 e. The minimum atomic E-state index is -3.65. The third-order valence-electron chi connectivity index (χ3n) is 4.82. The van der Waals surface area contributed by atoms with Crippen molar-refractivity contribution in [3.05, 3.63) is 60.0 Å². The zero-order valence-corrected chi connectivity index (χ0v) is 16.4. The molecule has 0 aliphatic carbocycles. The van der Waals surface area contributed by atoms with E-state index in [9.17, 15) is 17.2 Å². The third-order valence-corrected chi connectivity index (χ3v) is 6.24. The fourth-order valence-electron chi connectivity index (χ4n) is 3.28. The highest BCUT2D eigenvalue weighted by molar-refractivity contribution is 7.89. The first kappa shape index (κ1) is 19.5. The number of aryl methyl sites for hydroxylation is 2. The maximum Gasteiger partial charge on any atom is 0.263 e. The van der Waals surface area contributed by atoms with Gasteiger partial charge >= 0.3 is 0 Å². The first-order valence-corrected chi connectivity index (χ1v) is 10.6. The van der Waals surface area contributed by atoms with Gasteiger partial charge < -0.3 is 9.30 Å². The van der Waals surface area contributed by atoms with Crippen LogP contribution >= 0.6 is 0 Å². The molecule has 0 bridgehead atoms. The predicted octanol–water partition coefficient (Wildman–Crippen LogP) is 4.13. The first-order chi connectivity index (χ1) is 13.9. The lowest BCUT2D eigenvalue weighted by Gasteiger charge is -2.12. The van der Waals surface area contributed by atoms with Crippen LogP contribution in [0.4, 0.5) is 8.78 Å². The van der Waals surface area contributed by atoms with E-state index in [0.717, 1.165) is 25.2 Å². The lowest BCUT2D eigenvalue weighted by Crippen LogP contribution is -2.18. The average Bonchev–Trinajstić information content (AvgIpc) is 3.31. The van der Waals surface area contributed by atoms with Crippen molar-refractivity contribution in [2.75, 3.05) is 7.05 Å². The number of fused-ring (bicyclic) bond motifs is 1. The van der Waals surface area contributed by atoms with Gasteiger partial charge in [0.2, 0.25) is 10.0 Å². The zero-order valence-electron chi connectivity index (χ0n) is 15.6. The van der Waals surface area contributed by atoms with Crippen molar-refractivity contribution in [3.63, 3.8) is 0 Å². The monoisotopic (exact) mass is 419 g/mol. The molecule has 0 saturated heterocycles. The molecule has 1 N–H and O–H groups in total. The summed E-state index contributed by atoms with van der Waals surface area (Å²) in [6.07, 6.45) is 1.20. The molecule has 0 atom stereocenters. The van der Waals surface area contributed by atoms with Gasteiger partial charge in [0.05, 0.1) is 10.6 Å². The molecule has 0 fully saturated rings. The molecule has 29 heavy (non-hydrogen) atoms. The molecule has 0 radical (unpaired) electrons. The Morgan fingerprint density at radius 3 is 2.59 bits per heavy atom. The van der Waals surface area contributed by atoms with E-state index in [1.54, 1.807) is 6.07 Å². The maximum absolute atomic E-state index is 12.8. The molecule has 4 rings (SSSR count). The highest BCUT2D eigenvalue weighted by Gasteiger charge is 2.21. The van der Waals surface area contributed by atoms with Crippen molar-refractivity contribution >= 4 is 10.0 Å². The van der Waals surface area contributed by atoms with E-state index < -0.39 is 16.4 Å². The number of sulfonamides is 1. The number of alkyl halides is 2. The van der Waals surface area contributed by atoms with Crippen molar-refractivity contribution in [1.82, 2.24) is 14.3 Å². The molecule has 0 saturated carbocycles. The number of rotatable bonds is 6. The second-order valence-electron chi connectivity index (χ2n) is 6.68. The number of imidazole rings is 1. The number of hydrogen-bond acceptors (Lipinski definition) is 4. The van der Waals surface area contributed by atoms with E-state index in [0.29, 0.717) is 22.8 Å². The summed E-state index contributed by atoms with van der Waals surface area (Å²) in [4.78, 5) is 4.70. The SMILES string of the molecule is CNS(=O)(=O)c1ccc(Oc2ccc(C(F)F)cc2)c(-c2cn3c(n2)CCC3)c1. The van der Waals surface area contributed by atoms with Gasteiger partial charge in [0.15, 0.2) is 0 Å². The summed E-state index contributed by atoms with van der Waals surface area (Å²) in [6.45, 7) is 0.863. The van der Waals surface area contributed by atoms with E-state index >= 15 is 0 Å². The van der Waals surface area contributed by atoms with E-state index in [4.69, 9.17) is 4.74 Å². The van der Waals surface area contributed by atoms with Gasteiger partial charge in [-0.2, -0.15) is 0 Å². The molecular formula is C20H19F2N3O3S. The molecule has 0 amide bonds. The molecular weight excluding hydrogens is 400 g/mol. The maximum atomic E-state index is 12.8. The molecule has 1 aliphatic heterocycles. The van der Waals surface area contributed by atoms with Crippen LogP contribution < -0.4 is 9.46 Å². The second kappa shape index (κ2) is 7.57. The van der Waals surface area contributed by atoms with Gasteiger partial charge in [0, 0.05) is 30.3 Å². The van der Waals surface area contributed by atoms with E-state index in [2.05, 4.69) is 9.71 Å². The Morgan fingerprint density at radius 1 is 1.17 bits per heavy atom. The standard InChI is InChI=1S/C20H19F2N3O3S/c1-23-29(26,27)15-8-9-18(28-14-6-4-13(5-7-14)20(21)22)16(11-15)17-12-25-10-2-3-19(25)24-17/h4-9,11-12,20,23H,2-3,10H2,1H3. The normalized spacial score (nSPS) is 13.7. The van der Waals surface area contributed by atoms with Crippen molar-refractivity contribution in [2.24, 2.45) is 0 Å². The van der Waals surface area contributed by atoms with Gasteiger partial charge in [-0.25, -0.2) is 26.9 Å². The number of benzene rings is 2. The van der Waals surface area contributed by atoms with Crippen LogP contribution in [0.2, 0.25) is 0 Å². The number of halogens is 2. The molecule has 3 aromatic rings. The third kappa shape index (κ3) is 3.88. The van der Waals surface area contributed by atoms with Crippen molar-refractivity contribution in [2.45, 2.75) is 30.7 Å². The fraction of sp³-hybridized carbons (Fsp3) is 0.250. The van der Waals surface area contributed by atoms with Crippen LogP contribution in [0.5, 0.6) is 11.5 Å². The number of ether oxygens (including phenoxy) is 1. The quantitative estimate of drug-likeness (QED) is 0.652. The number of nitrogens with zero attached hydrogens (tertiary/aromatic N) is 2. The highest BCUT2D eigenvalue weighted by Crippen LogP contribution is 2.36. The summed E-state index contributed by atoms with van der Waals surface area (Å²) in [5.74, 6) is 1.70. The van der Waals surface area contributed by atoms with Crippen LogP contribution in [0.25, 0.3) is 11.3 Å². The fourth-order valence-corrected chi connectivity index (χ4v) is 4.03. The summed E-state index contributed by atoms with van der Waals surface area (Å²) in [7, 11) is -2.31. The number of nitrogens with one attached hydrogen (secondary N) is 1. The Morgan fingerprint density at radius 2 is 1.93 bits per heavy atom. The van der Waals surface area contributed by atoms with Gasteiger partial charge in [-0.1, -0.05) is 0 Å². The van der Waals surface area contributed by atoms with Crippen LogP contribution in [0.1, 0.15) is 24.2 Å². The molecule has 2 heterocycles. The van der Waals surface area contributed by atoms with Gasteiger partial charge in [0.25, 0.3) is 6.43 Å². The van der Waals surface area contributed by atoms with E-state index in [1.807, 2.05) is 10.8 Å². The summed E-state index contributed by atoms with van der Waals surface area (Å²) in [5.41, 5.74) is 1.02. The first-order valence-electron chi connectivity index (χ1n) is 9.07. The van der Waals surface area contributed by atoms with Crippen molar-refractivity contribution < 1.29 is 21.9 Å². The molecule has 0 spiro atoms. The lowest BCUT2D eigenvalue weighted by molar-refractivity contribution is 0.151. The highest BCUT2D eigenvalue weighted by atomic mass is 32.2. The summed E-state index contributed by atoms with van der Waals surface area (Å²) < 4.78 is 60.2. The van der Waals surface area contributed by atoms with Crippen LogP contribution in [-0.2, 0) is 23.0 Å². The van der Waals surface area contributed by atoms with Gasteiger partial charge in [-0.3, -0.25) is 0 Å². The average molecular weight is 419 g/mol. The van der Waals surface area contributed by atoms with Crippen LogP contribution in [0.3, 0.4) is 0 Å². The number of aromatic nitrogens is 2. The Balaban J connectivity index is 1.75. The zero-order chi connectivity index (χ0) is 20.6. The van der Waals surface area contributed by atoms with E-state index in [1.165, 1.54) is 43.4 Å². The molecule has 2 aromatic carbocycles. The molecule has 1 aliphatic rings.